The summed E-state index contributed by atoms with van der Waals surface area (Å²) in [6, 6.07) is 0. The Morgan fingerprint density at radius 3 is 2.56 bits per heavy atom. The van der Waals surface area contributed by atoms with Crippen LogP contribution < -0.4 is 0 Å². The summed E-state index contributed by atoms with van der Waals surface area (Å²) in [6.07, 6.45) is 6.09. The topological polar surface area (TPSA) is 43.6 Å². The number of aromatic nitrogens is 4. The van der Waals surface area contributed by atoms with Gasteiger partial charge in [0.15, 0.2) is 0 Å². The SMILES string of the molecule is Cc1nsc(/C=C/c2cn(C)nc2C(C)(C)C)n1. The van der Waals surface area contributed by atoms with Gasteiger partial charge in [0.1, 0.15) is 10.8 Å². The van der Waals surface area contributed by atoms with Gasteiger partial charge in [-0.2, -0.15) is 9.47 Å². The van der Waals surface area contributed by atoms with Crippen LogP contribution in [-0.4, -0.2) is 19.1 Å². The Hall–Kier alpha value is -1.49. The smallest absolute Gasteiger partial charge is 0.139 e. The highest BCUT2D eigenvalue weighted by Crippen LogP contribution is 2.25. The van der Waals surface area contributed by atoms with Crippen LogP contribution in [0.1, 0.15) is 42.9 Å². The van der Waals surface area contributed by atoms with E-state index in [4.69, 9.17) is 0 Å². The molecule has 2 aromatic rings. The van der Waals surface area contributed by atoms with Gasteiger partial charge in [-0.25, -0.2) is 4.98 Å². The summed E-state index contributed by atoms with van der Waals surface area (Å²) in [6.45, 7) is 8.41. The van der Waals surface area contributed by atoms with Crippen molar-refractivity contribution in [2.75, 3.05) is 0 Å². The van der Waals surface area contributed by atoms with Crippen molar-refractivity contribution in [1.29, 1.82) is 0 Å². The van der Waals surface area contributed by atoms with Crippen LogP contribution in [0.5, 0.6) is 0 Å². The zero-order valence-electron chi connectivity index (χ0n) is 11.4. The first-order valence-electron chi connectivity index (χ1n) is 5.89. The Balaban J connectivity index is 2.32. The second-order valence-corrected chi connectivity index (χ2v) is 6.15. The fourth-order valence-electron chi connectivity index (χ4n) is 1.75. The molecular weight excluding hydrogens is 244 g/mol. The van der Waals surface area contributed by atoms with Crippen LogP contribution in [-0.2, 0) is 12.5 Å². The van der Waals surface area contributed by atoms with Gasteiger partial charge in [0.05, 0.1) is 5.69 Å². The van der Waals surface area contributed by atoms with E-state index in [9.17, 15) is 0 Å². The summed E-state index contributed by atoms with van der Waals surface area (Å²) in [5.74, 6) is 0.821. The minimum Gasteiger partial charge on any atom is -0.275 e. The highest BCUT2D eigenvalue weighted by atomic mass is 32.1. The van der Waals surface area contributed by atoms with E-state index in [1.165, 1.54) is 11.5 Å². The Kier molecular flexibility index (Phi) is 3.34. The molecule has 96 valence electrons. The van der Waals surface area contributed by atoms with Crippen molar-refractivity contribution in [2.45, 2.75) is 33.1 Å². The van der Waals surface area contributed by atoms with Crippen molar-refractivity contribution >= 4 is 23.7 Å². The van der Waals surface area contributed by atoms with Gasteiger partial charge < -0.3 is 0 Å². The normalized spacial score (nSPS) is 12.5. The van der Waals surface area contributed by atoms with Crippen LogP contribution in [0.25, 0.3) is 12.2 Å². The van der Waals surface area contributed by atoms with Crippen molar-refractivity contribution in [3.05, 3.63) is 28.3 Å². The highest BCUT2D eigenvalue weighted by molar-refractivity contribution is 7.06. The molecule has 2 rings (SSSR count). The second kappa shape index (κ2) is 4.65. The third-order valence-corrected chi connectivity index (χ3v) is 3.29. The lowest BCUT2D eigenvalue weighted by Gasteiger charge is -2.16. The summed E-state index contributed by atoms with van der Waals surface area (Å²) >= 11 is 1.41. The van der Waals surface area contributed by atoms with Gasteiger partial charge >= 0.3 is 0 Å². The predicted molar refractivity (Wildman–Crippen MR) is 75.5 cm³/mol. The molecule has 0 aliphatic heterocycles. The van der Waals surface area contributed by atoms with E-state index in [1.54, 1.807) is 0 Å². The lowest BCUT2D eigenvalue weighted by molar-refractivity contribution is 0.552. The maximum absolute atomic E-state index is 4.53. The van der Waals surface area contributed by atoms with Gasteiger partial charge in [0, 0.05) is 24.2 Å². The van der Waals surface area contributed by atoms with E-state index >= 15 is 0 Å². The minimum atomic E-state index is 0.0397. The van der Waals surface area contributed by atoms with E-state index in [0.29, 0.717) is 0 Å². The van der Waals surface area contributed by atoms with Crippen molar-refractivity contribution in [3.8, 4) is 0 Å². The molecule has 18 heavy (non-hydrogen) atoms. The third kappa shape index (κ3) is 2.85. The summed E-state index contributed by atoms with van der Waals surface area (Å²) < 4.78 is 6.02. The summed E-state index contributed by atoms with van der Waals surface area (Å²) in [5, 5.41) is 5.46. The average Bonchev–Trinajstić information content (AvgIpc) is 2.81. The molecule has 0 aliphatic rings. The zero-order chi connectivity index (χ0) is 13.3. The quantitative estimate of drug-likeness (QED) is 0.835. The molecule has 0 atom stereocenters. The fraction of sp³-hybridized carbons (Fsp3) is 0.462. The van der Waals surface area contributed by atoms with Crippen molar-refractivity contribution < 1.29 is 0 Å². The molecule has 5 heteroatoms. The van der Waals surface area contributed by atoms with Gasteiger partial charge in [-0.15, -0.1) is 0 Å². The Morgan fingerprint density at radius 2 is 2.00 bits per heavy atom. The maximum Gasteiger partial charge on any atom is 0.139 e. The number of hydrogen-bond donors (Lipinski definition) is 0. The lowest BCUT2D eigenvalue weighted by atomic mass is 9.89. The molecule has 0 aromatic carbocycles. The Labute approximate surface area is 112 Å². The summed E-state index contributed by atoms with van der Waals surface area (Å²) in [4.78, 5) is 4.32. The monoisotopic (exact) mass is 262 g/mol. The van der Waals surface area contributed by atoms with Gasteiger partial charge in [-0.3, -0.25) is 4.68 Å². The van der Waals surface area contributed by atoms with E-state index in [-0.39, 0.29) is 5.41 Å². The molecular formula is C13H18N4S. The molecule has 0 radical (unpaired) electrons. The van der Waals surface area contributed by atoms with Crippen LogP contribution in [0.3, 0.4) is 0 Å². The molecule has 2 aromatic heterocycles. The maximum atomic E-state index is 4.53. The molecule has 0 unspecified atom stereocenters. The van der Waals surface area contributed by atoms with Crippen LogP contribution in [0.4, 0.5) is 0 Å². The van der Waals surface area contributed by atoms with Crippen molar-refractivity contribution in [1.82, 2.24) is 19.1 Å². The van der Waals surface area contributed by atoms with Crippen LogP contribution in [0.15, 0.2) is 6.20 Å². The number of rotatable bonds is 2. The third-order valence-electron chi connectivity index (χ3n) is 2.52. The fourth-order valence-corrected chi connectivity index (χ4v) is 2.32. The molecule has 2 heterocycles. The predicted octanol–water partition coefficient (Wildman–Crippen LogP) is 3.05. The minimum absolute atomic E-state index is 0.0397. The molecule has 0 amide bonds. The number of hydrogen-bond acceptors (Lipinski definition) is 4. The largest absolute Gasteiger partial charge is 0.275 e. The summed E-state index contributed by atoms with van der Waals surface area (Å²) in [7, 11) is 1.95. The molecule has 0 bridgehead atoms. The van der Waals surface area contributed by atoms with Gasteiger partial charge in [-0.05, 0) is 30.6 Å². The van der Waals surface area contributed by atoms with Crippen molar-refractivity contribution in [2.24, 2.45) is 7.05 Å². The van der Waals surface area contributed by atoms with Gasteiger partial charge in [-0.1, -0.05) is 20.8 Å². The van der Waals surface area contributed by atoms with E-state index < -0.39 is 0 Å². The second-order valence-electron chi connectivity index (χ2n) is 5.37. The average molecular weight is 262 g/mol. The summed E-state index contributed by atoms with van der Waals surface area (Å²) in [5.41, 5.74) is 2.28. The lowest BCUT2D eigenvalue weighted by Crippen LogP contribution is -2.13. The van der Waals surface area contributed by atoms with E-state index in [2.05, 4.69) is 41.3 Å². The number of nitrogens with zero attached hydrogens (tertiary/aromatic N) is 4. The molecule has 4 nitrogen and oxygen atoms in total. The van der Waals surface area contributed by atoms with Crippen LogP contribution in [0.2, 0.25) is 0 Å². The molecule has 0 saturated carbocycles. The van der Waals surface area contributed by atoms with Gasteiger partial charge in [0.25, 0.3) is 0 Å². The standard InChI is InChI=1S/C13H18N4S/c1-9-14-11(18-16-9)7-6-10-8-17(5)15-12(10)13(2,3)4/h6-8H,1-5H3/b7-6+. The first-order chi connectivity index (χ1) is 8.36. The first-order valence-corrected chi connectivity index (χ1v) is 6.66. The van der Waals surface area contributed by atoms with Crippen molar-refractivity contribution in [3.63, 3.8) is 0 Å². The van der Waals surface area contributed by atoms with Crippen LogP contribution >= 0.6 is 11.5 Å². The van der Waals surface area contributed by atoms with E-state index in [1.807, 2.05) is 30.9 Å². The Bertz CT molecular complexity index is 572. The van der Waals surface area contributed by atoms with Crippen LogP contribution in [0, 0.1) is 6.92 Å². The molecule has 0 N–H and O–H groups in total. The molecule has 0 fully saturated rings. The van der Waals surface area contributed by atoms with Gasteiger partial charge in [0.2, 0.25) is 0 Å². The first kappa shape index (κ1) is 13.0. The molecule has 0 spiro atoms. The zero-order valence-corrected chi connectivity index (χ0v) is 12.2. The number of aryl methyl sites for hydroxylation is 2. The van der Waals surface area contributed by atoms with E-state index in [0.717, 1.165) is 22.1 Å². The highest BCUT2D eigenvalue weighted by Gasteiger charge is 2.20. The Morgan fingerprint density at radius 1 is 1.28 bits per heavy atom. The molecule has 0 saturated heterocycles. The molecule has 0 aliphatic carbocycles.